The number of aromatic amines is 1. The van der Waals surface area contributed by atoms with Crippen LogP contribution in [0.15, 0.2) is 72.5 Å². The largest absolute Gasteiger partial charge is 0.497 e. The number of methoxy groups -OCH3 is 2. The predicted molar refractivity (Wildman–Crippen MR) is 130 cm³/mol. The fourth-order valence-electron chi connectivity index (χ4n) is 4.06. The molecule has 7 nitrogen and oxygen atoms in total. The van der Waals surface area contributed by atoms with Crippen LogP contribution in [-0.2, 0) is 4.74 Å². The number of anilines is 1. The van der Waals surface area contributed by atoms with Gasteiger partial charge in [0.2, 0.25) is 5.78 Å². The lowest BCUT2D eigenvalue weighted by atomic mass is 10.0. The van der Waals surface area contributed by atoms with Gasteiger partial charge >= 0.3 is 6.09 Å². The van der Waals surface area contributed by atoms with Crippen molar-refractivity contribution in [3.05, 3.63) is 83.6 Å². The Bertz CT molecular complexity index is 1450. The van der Waals surface area contributed by atoms with E-state index < -0.39 is 6.09 Å². The molecular weight excluding hydrogens is 432 g/mol. The number of allylic oxidation sites excluding steroid dienone is 1. The second kappa shape index (κ2) is 8.44. The number of ketones is 1. The first kappa shape index (κ1) is 21.3. The summed E-state index contributed by atoms with van der Waals surface area (Å²) in [6.45, 7) is 0. The van der Waals surface area contributed by atoms with Gasteiger partial charge in [0.25, 0.3) is 0 Å². The Hall–Kier alpha value is -4.52. The molecule has 0 saturated heterocycles. The predicted octanol–water partition coefficient (Wildman–Crippen LogP) is 5.66. The van der Waals surface area contributed by atoms with Crippen LogP contribution < -0.4 is 14.4 Å². The van der Waals surface area contributed by atoms with Crippen LogP contribution in [0.5, 0.6) is 11.5 Å². The lowest BCUT2D eigenvalue weighted by Gasteiger charge is -2.15. The molecule has 0 bridgehead atoms. The van der Waals surface area contributed by atoms with Crippen molar-refractivity contribution in [2.24, 2.45) is 0 Å². The van der Waals surface area contributed by atoms with Crippen LogP contribution in [0.3, 0.4) is 0 Å². The molecule has 34 heavy (non-hydrogen) atoms. The minimum Gasteiger partial charge on any atom is -0.497 e. The molecule has 0 fully saturated rings. The van der Waals surface area contributed by atoms with Gasteiger partial charge in [0.1, 0.15) is 11.5 Å². The first-order valence-corrected chi connectivity index (χ1v) is 10.6. The number of carbonyl (C=O) groups excluding carboxylic acids is 2. The number of nitrogens with one attached hydrogen (secondary N) is 1. The van der Waals surface area contributed by atoms with Crippen LogP contribution >= 0.6 is 0 Å². The fourth-order valence-corrected chi connectivity index (χ4v) is 4.06. The number of fused-ring (bicyclic) bond motifs is 2. The van der Waals surface area contributed by atoms with Gasteiger partial charge in [-0.15, -0.1) is 0 Å². The molecule has 0 saturated carbocycles. The molecule has 0 atom stereocenters. The summed E-state index contributed by atoms with van der Waals surface area (Å²) in [7, 11) is 4.52. The van der Waals surface area contributed by atoms with Gasteiger partial charge in [-0.25, -0.2) is 4.79 Å². The summed E-state index contributed by atoms with van der Waals surface area (Å²) in [6.07, 6.45) is 1.24. The van der Waals surface area contributed by atoms with Gasteiger partial charge in [0.05, 0.1) is 31.2 Å². The van der Waals surface area contributed by atoms with E-state index in [4.69, 9.17) is 14.2 Å². The molecular formula is C27H22N2O5. The first-order chi connectivity index (χ1) is 16.5. The van der Waals surface area contributed by atoms with E-state index in [1.807, 2.05) is 48.5 Å². The van der Waals surface area contributed by atoms with Crippen LogP contribution in [0, 0.1) is 0 Å². The third-order valence-electron chi connectivity index (χ3n) is 5.87. The average Bonchev–Trinajstić information content (AvgIpc) is 3.40. The molecule has 0 unspecified atom stereocenters. The quantitative estimate of drug-likeness (QED) is 0.402. The third kappa shape index (κ3) is 3.57. The van der Waals surface area contributed by atoms with Gasteiger partial charge < -0.3 is 19.2 Å². The normalized spacial score (nSPS) is 13.6. The highest BCUT2D eigenvalue weighted by molar-refractivity contribution is 6.16. The van der Waals surface area contributed by atoms with Gasteiger partial charge in [-0.3, -0.25) is 9.69 Å². The topological polar surface area (TPSA) is 80.9 Å². The standard InChI is InChI=1S/C27H22N2O5/c1-29(27(31)33-3)17-9-11-19-23(13-17)34-24(26(19)30)15-21-20-14-18(32-2)10-12-22(20)28-25(21)16-7-5-4-6-8-16/h4-15,28H,1-3H3. The highest BCUT2D eigenvalue weighted by Crippen LogP contribution is 2.38. The lowest BCUT2D eigenvalue weighted by molar-refractivity contribution is 0.101. The van der Waals surface area contributed by atoms with E-state index >= 15 is 0 Å². The molecule has 5 rings (SSSR count). The number of Topliss-reactive ketones (excluding diaryl/α,β-unsaturated/α-hetero) is 1. The second-order valence-corrected chi connectivity index (χ2v) is 7.84. The van der Waals surface area contributed by atoms with Crippen molar-refractivity contribution in [2.75, 3.05) is 26.2 Å². The summed E-state index contributed by atoms with van der Waals surface area (Å²) >= 11 is 0. The molecule has 2 heterocycles. The van der Waals surface area contributed by atoms with Crippen molar-refractivity contribution in [1.82, 2.24) is 4.98 Å². The van der Waals surface area contributed by atoms with Gasteiger partial charge in [-0.05, 0) is 42.0 Å². The number of ether oxygens (including phenoxy) is 3. The molecule has 0 aliphatic carbocycles. The number of amides is 1. The Kier molecular flexibility index (Phi) is 5.30. The van der Waals surface area contributed by atoms with E-state index in [2.05, 4.69) is 4.98 Å². The zero-order valence-electron chi connectivity index (χ0n) is 18.9. The van der Waals surface area contributed by atoms with E-state index in [9.17, 15) is 9.59 Å². The van der Waals surface area contributed by atoms with Crippen LogP contribution in [0.2, 0.25) is 0 Å². The number of hydrogen-bond donors (Lipinski definition) is 1. The number of carbonyl (C=O) groups is 2. The minimum atomic E-state index is -0.514. The van der Waals surface area contributed by atoms with E-state index in [-0.39, 0.29) is 11.5 Å². The second-order valence-electron chi connectivity index (χ2n) is 7.84. The number of aromatic nitrogens is 1. The SMILES string of the molecule is COC(=O)N(C)c1ccc2c(c1)OC(=Cc1c(-c3ccccc3)[nH]c3ccc(OC)cc13)C2=O. The van der Waals surface area contributed by atoms with Gasteiger partial charge in [-0.1, -0.05) is 30.3 Å². The zero-order chi connectivity index (χ0) is 23.8. The number of H-pyrrole nitrogens is 1. The Morgan fingerprint density at radius 2 is 1.82 bits per heavy atom. The summed E-state index contributed by atoms with van der Waals surface area (Å²) in [5.41, 5.74) is 4.58. The summed E-state index contributed by atoms with van der Waals surface area (Å²) in [5.74, 6) is 1.08. The zero-order valence-corrected chi connectivity index (χ0v) is 18.9. The molecule has 7 heteroatoms. The fraction of sp³-hybridized carbons (Fsp3) is 0.111. The molecule has 3 aromatic carbocycles. The van der Waals surface area contributed by atoms with Crippen molar-refractivity contribution in [3.63, 3.8) is 0 Å². The molecule has 0 radical (unpaired) electrons. The average molecular weight is 454 g/mol. The molecule has 1 aliphatic rings. The van der Waals surface area contributed by atoms with E-state index in [1.54, 1.807) is 38.4 Å². The molecule has 1 N–H and O–H groups in total. The van der Waals surface area contributed by atoms with Crippen molar-refractivity contribution in [3.8, 4) is 22.8 Å². The van der Waals surface area contributed by atoms with Gasteiger partial charge in [0, 0.05) is 29.6 Å². The first-order valence-electron chi connectivity index (χ1n) is 10.6. The van der Waals surface area contributed by atoms with Gasteiger partial charge in [-0.2, -0.15) is 0 Å². The number of benzene rings is 3. The Morgan fingerprint density at radius 1 is 1.03 bits per heavy atom. The van der Waals surface area contributed by atoms with Gasteiger partial charge in [0.15, 0.2) is 5.76 Å². The molecule has 1 aromatic heterocycles. The van der Waals surface area contributed by atoms with Crippen molar-refractivity contribution in [1.29, 1.82) is 0 Å². The highest BCUT2D eigenvalue weighted by atomic mass is 16.5. The Labute approximate surface area is 196 Å². The maximum absolute atomic E-state index is 13.2. The summed E-state index contributed by atoms with van der Waals surface area (Å²) in [6, 6.07) is 20.7. The maximum Gasteiger partial charge on any atom is 0.413 e. The van der Waals surface area contributed by atoms with E-state index in [1.165, 1.54) is 12.0 Å². The maximum atomic E-state index is 13.2. The highest BCUT2D eigenvalue weighted by Gasteiger charge is 2.29. The summed E-state index contributed by atoms with van der Waals surface area (Å²) in [4.78, 5) is 29.8. The van der Waals surface area contributed by atoms with Crippen molar-refractivity contribution in [2.45, 2.75) is 0 Å². The van der Waals surface area contributed by atoms with Crippen LogP contribution in [-0.4, -0.2) is 38.1 Å². The number of hydrogen-bond acceptors (Lipinski definition) is 5. The smallest absolute Gasteiger partial charge is 0.413 e. The molecule has 0 spiro atoms. The van der Waals surface area contributed by atoms with E-state index in [0.29, 0.717) is 22.7 Å². The summed E-state index contributed by atoms with van der Waals surface area (Å²) in [5, 5.41) is 0.907. The molecule has 4 aromatic rings. The van der Waals surface area contributed by atoms with Crippen molar-refractivity contribution < 1.29 is 23.8 Å². The minimum absolute atomic E-state index is 0.203. The van der Waals surface area contributed by atoms with Crippen molar-refractivity contribution >= 4 is 34.5 Å². The molecule has 170 valence electrons. The van der Waals surface area contributed by atoms with Crippen LogP contribution in [0.4, 0.5) is 10.5 Å². The number of nitrogens with zero attached hydrogens (tertiary/aromatic N) is 1. The molecule has 1 amide bonds. The monoisotopic (exact) mass is 454 g/mol. The Morgan fingerprint density at radius 3 is 2.56 bits per heavy atom. The van der Waals surface area contributed by atoms with E-state index in [0.717, 1.165) is 27.7 Å². The van der Waals surface area contributed by atoms with Crippen LogP contribution in [0.25, 0.3) is 28.2 Å². The van der Waals surface area contributed by atoms with Crippen LogP contribution in [0.1, 0.15) is 15.9 Å². The molecule has 1 aliphatic heterocycles. The lowest BCUT2D eigenvalue weighted by Crippen LogP contribution is -2.25. The Balaban J connectivity index is 1.61. The third-order valence-corrected chi connectivity index (χ3v) is 5.87. The summed E-state index contributed by atoms with van der Waals surface area (Å²) < 4.78 is 16.2. The number of rotatable bonds is 4.